The van der Waals surface area contributed by atoms with Crippen LogP contribution in [0.2, 0.25) is 0 Å². The van der Waals surface area contributed by atoms with Gasteiger partial charge in [0.2, 0.25) is 0 Å². The van der Waals surface area contributed by atoms with Gasteiger partial charge in [-0.05, 0) is 23.6 Å². The first-order valence-corrected chi connectivity index (χ1v) is 9.02. The number of hydrogen-bond acceptors (Lipinski definition) is 4. The van der Waals surface area contributed by atoms with E-state index in [-0.39, 0.29) is 24.0 Å². The summed E-state index contributed by atoms with van der Waals surface area (Å²) >= 11 is 1.69. The Morgan fingerprint density at radius 2 is 1.96 bits per heavy atom. The Morgan fingerprint density at radius 3 is 2.56 bits per heavy atom. The highest BCUT2D eigenvalue weighted by molar-refractivity contribution is 14.0. The zero-order chi connectivity index (χ0) is 17.5. The van der Waals surface area contributed by atoms with Crippen LogP contribution in [0.3, 0.4) is 0 Å². The summed E-state index contributed by atoms with van der Waals surface area (Å²) in [6.45, 7) is 5.74. The predicted octanol–water partition coefficient (Wildman–Crippen LogP) is 3.82. The van der Waals surface area contributed by atoms with Gasteiger partial charge in [-0.2, -0.15) is 0 Å². The highest BCUT2D eigenvalue weighted by Crippen LogP contribution is 2.17. The molecule has 7 heteroatoms. The van der Waals surface area contributed by atoms with E-state index in [4.69, 9.17) is 0 Å². The van der Waals surface area contributed by atoms with Crippen LogP contribution in [0, 0.1) is 0 Å². The molecule has 2 aromatic rings. The molecule has 0 saturated carbocycles. The zero-order valence-corrected chi connectivity index (χ0v) is 18.7. The standard InChI is InChI=1S/C18H27N5S.HI/c1-13(2)16-12-24-17(22-16)11-21-18(19-3)20-10-14-7-6-8-15(9-14)23(4)5;/h6-9,12-13H,10-11H2,1-5H3,(H2,19,20,21);1H. The van der Waals surface area contributed by atoms with Crippen molar-refractivity contribution >= 4 is 47.0 Å². The molecule has 0 aliphatic rings. The number of benzene rings is 1. The van der Waals surface area contributed by atoms with E-state index in [1.807, 2.05) is 14.1 Å². The summed E-state index contributed by atoms with van der Waals surface area (Å²) in [6, 6.07) is 8.47. The Balaban J connectivity index is 0.00000312. The minimum atomic E-state index is 0. The third-order valence-corrected chi connectivity index (χ3v) is 4.55. The Morgan fingerprint density at radius 1 is 1.24 bits per heavy atom. The lowest BCUT2D eigenvalue weighted by Gasteiger charge is -2.15. The zero-order valence-electron chi connectivity index (χ0n) is 15.5. The van der Waals surface area contributed by atoms with Crippen LogP contribution in [0.25, 0.3) is 0 Å². The van der Waals surface area contributed by atoms with Crippen molar-refractivity contribution < 1.29 is 0 Å². The van der Waals surface area contributed by atoms with Crippen LogP contribution < -0.4 is 15.5 Å². The smallest absolute Gasteiger partial charge is 0.191 e. The average molecular weight is 473 g/mol. The molecule has 0 fully saturated rings. The van der Waals surface area contributed by atoms with Crippen molar-refractivity contribution in [3.8, 4) is 0 Å². The molecule has 0 aliphatic heterocycles. The van der Waals surface area contributed by atoms with E-state index >= 15 is 0 Å². The minimum absolute atomic E-state index is 0. The molecule has 1 aromatic heterocycles. The van der Waals surface area contributed by atoms with Crippen molar-refractivity contribution in [2.24, 2.45) is 4.99 Å². The van der Waals surface area contributed by atoms with Gasteiger partial charge in [0.05, 0.1) is 12.2 Å². The number of rotatable bonds is 6. The summed E-state index contributed by atoms with van der Waals surface area (Å²) in [4.78, 5) is 11.0. The quantitative estimate of drug-likeness (QED) is 0.381. The summed E-state index contributed by atoms with van der Waals surface area (Å²) < 4.78 is 0. The molecule has 0 bridgehead atoms. The fraction of sp³-hybridized carbons (Fsp3) is 0.444. The average Bonchev–Trinajstić information content (AvgIpc) is 3.04. The summed E-state index contributed by atoms with van der Waals surface area (Å²) in [5, 5.41) is 9.88. The van der Waals surface area contributed by atoms with Gasteiger partial charge >= 0.3 is 0 Å². The van der Waals surface area contributed by atoms with Crippen LogP contribution in [0.1, 0.15) is 36.0 Å². The lowest BCUT2D eigenvalue weighted by Crippen LogP contribution is -2.36. The maximum Gasteiger partial charge on any atom is 0.191 e. The first-order valence-electron chi connectivity index (χ1n) is 8.14. The molecular weight excluding hydrogens is 445 g/mol. The number of aromatic nitrogens is 1. The first kappa shape index (κ1) is 21.7. The number of nitrogens with one attached hydrogen (secondary N) is 2. The van der Waals surface area contributed by atoms with E-state index in [1.54, 1.807) is 18.4 Å². The van der Waals surface area contributed by atoms with E-state index in [0.717, 1.165) is 23.2 Å². The fourth-order valence-electron chi connectivity index (χ4n) is 2.18. The van der Waals surface area contributed by atoms with Gasteiger partial charge in [-0.15, -0.1) is 35.3 Å². The van der Waals surface area contributed by atoms with E-state index < -0.39 is 0 Å². The molecule has 0 spiro atoms. The van der Waals surface area contributed by atoms with Crippen LogP contribution >= 0.6 is 35.3 Å². The van der Waals surface area contributed by atoms with E-state index in [0.29, 0.717) is 12.5 Å². The second-order valence-corrected chi connectivity index (χ2v) is 7.11. The van der Waals surface area contributed by atoms with Crippen molar-refractivity contribution in [2.75, 3.05) is 26.0 Å². The van der Waals surface area contributed by atoms with Crippen LogP contribution in [-0.4, -0.2) is 32.1 Å². The predicted molar refractivity (Wildman–Crippen MR) is 119 cm³/mol. The molecule has 0 atom stereocenters. The first-order chi connectivity index (χ1) is 11.5. The van der Waals surface area contributed by atoms with Crippen molar-refractivity contribution in [1.82, 2.24) is 15.6 Å². The second kappa shape index (κ2) is 10.6. The molecule has 138 valence electrons. The van der Waals surface area contributed by atoms with Gasteiger partial charge in [-0.25, -0.2) is 4.98 Å². The Bertz CT molecular complexity index is 682. The molecule has 2 N–H and O–H groups in total. The fourth-order valence-corrected chi connectivity index (χ4v) is 3.08. The van der Waals surface area contributed by atoms with Crippen molar-refractivity contribution in [3.05, 3.63) is 45.9 Å². The number of halogens is 1. The van der Waals surface area contributed by atoms with Gasteiger partial charge in [0, 0.05) is 38.8 Å². The lowest BCUT2D eigenvalue weighted by molar-refractivity contribution is 0.785. The molecule has 1 heterocycles. The highest BCUT2D eigenvalue weighted by atomic mass is 127. The number of anilines is 1. The highest BCUT2D eigenvalue weighted by Gasteiger charge is 2.06. The van der Waals surface area contributed by atoms with Crippen molar-refractivity contribution in [1.29, 1.82) is 0 Å². The van der Waals surface area contributed by atoms with Crippen LogP contribution in [-0.2, 0) is 13.1 Å². The third-order valence-electron chi connectivity index (χ3n) is 3.68. The number of hydrogen-bond donors (Lipinski definition) is 2. The summed E-state index contributed by atoms with van der Waals surface area (Å²) in [6.07, 6.45) is 0. The molecule has 0 saturated heterocycles. The molecule has 0 amide bonds. The Hall–Kier alpha value is -1.35. The third kappa shape index (κ3) is 6.81. The van der Waals surface area contributed by atoms with Crippen molar-refractivity contribution in [3.63, 3.8) is 0 Å². The summed E-state index contributed by atoms with van der Waals surface area (Å²) in [5.41, 5.74) is 3.57. The molecule has 0 aliphatic carbocycles. The maximum absolute atomic E-state index is 4.63. The molecule has 1 aromatic carbocycles. The van der Waals surface area contributed by atoms with Gasteiger partial charge in [0.1, 0.15) is 5.01 Å². The Labute approximate surface area is 172 Å². The molecule has 25 heavy (non-hydrogen) atoms. The summed E-state index contributed by atoms with van der Waals surface area (Å²) in [5.74, 6) is 1.25. The molecule has 0 radical (unpaired) electrons. The van der Waals surface area contributed by atoms with Gasteiger partial charge in [-0.1, -0.05) is 26.0 Å². The SMILES string of the molecule is CN=C(NCc1cccc(N(C)C)c1)NCc1nc(C(C)C)cs1.I. The monoisotopic (exact) mass is 473 g/mol. The number of thiazole rings is 1. The molecule has 0 unspecified atom stereocenters. The largest absolute Gasteiger partial charge is 0.378 e. The second-order valence-electron chi connectivity index (χ2n) is 6.16. The van der Waals surface area contributed by atoms with E-state index in [2.05, 4.69) is 69.0 Å². The Kier molecular flexibility index (Phi) is 9.20. The van der Waals surface area contributed by atoms with Gasteiger partial charge in [0.15, 0.2) is 5.96 Å². The van der Waals surface area contributed by atoms with Gasteiger partial charge in [-0.3, -0.25) is 4.99 Å². The number of aliphatic imine (C=N–C) groups is 1. The van der Waals surface area contributed by atoms with Crippen LogP contribution in [0.5, 0.6) is 0 Å². The van der Waals surface area contributed by atoms with Crippen LogP contribution in [0.4, 0.5) is 5.69 Å². The summed E-state index contributed by atoms with van der Waals surface area (Å²) in [7, 11) is 5.88. The number of guanidine groups is 1. The van der Waals surface area contributed by atoms with Gasteiger partial charge < -0.3 is 15.5 Å². The minimum Gasteiger partial charge on any atom is -0.378 e. The molecule has 2 rings (SSSR count). The normalized spacial score (nSPS) is 11.2. The van der Waals surface area contributed by atoms with Crippen LogP contribution in [0.15, 0.2) is 34.6 Å². The topological polar surface area (TPSA) is 52.6 Å². The maximum atomic E-state index is 4.63. The molecule has 5 nitrogen and oxygen atoms in total. The molecular formula is C18H28IN5S. The van der Waals surface area contributed by atoms with Gasteiger partial charge in [0.25, 0.3) is 0 Å². The van der Waals surface area contributed by atoms with E-state index in [1.165, 1.54) is 11.3 Å². The lowest BCUT2D eigenvalue weighted by atomic mass is 10.2. The van der Waals surface area contributed by atoms with E-state index in [9.17, 15) is 0 Å². The van der Waals surface area contributed by atoms with Crippen molar-refractivity contribution in [2.45, 2.75) is 32.9 Å². The number of nitrogens with zero attached hydrogens (tertiary/aromatic N) is 3.